The maximum absolute atomic E-state index is 14.1. The van der Waals surface area contributed by atoms with Crippen molar-refractivity contribution in [2.45, 2.75) is 57.9 Å². The molecule has 0 radical (unpaired) electrons. The molecule has 2 bridgehead atoms. The molecule has 210 valence electrons. The normalized spacial score (nSPS) is 22.6. The summed E-state index contributed by atoms with van der Waals surface area (Å²) in [6, 6.07) is 20.6. The van der Waals surface area contributed by atoms with Gasteiger partial charge in [-0.25, -0.2) is 4.79 Å². The van der Waals surface area contributed by atoms with E-state index in [1.54, 1.807) is 6.07 Å². The van der Waals surface area contributed by atoms with Crippen LogP contribution >= 0.6 is 0 Å². The van der Waals surface area contributed by atoms with E-state index < -0.39 is 36.4 Å². The number of esters is 1. The van der Waals surface area contributed by atoms with Crippen molar-refractivity contribution in [3.05, 3.63) is 100 Å². The quantitative estimate of drug-likeness (QED) is 0.306. The standard InChI is InChI=1S/C34H34N2O5/c1-4-5-14-26(34(40)41-18-27(37)35-21-16-15-19(2)20(3)17-21)36-32(38)30-28-22-10-6-7-11-23(22)29(31(30)33(36)39)25-13-9-8-12-24(25)28/h6-13,15-17,26,28-31H,4-5,14,18H2,1-3H3,(H,35,37)/t26-,28?,29?,30-,31+/m1/s1. The molecular weight excluding hydrogens is 516 g/mol. The smallest absolute Gasteiger partial charge is 0.329 e. The summed E-state index contributed by atoms with van der Waals surface area (Å²) < 4.78 is 5.45. The largest absolute Gasteiger partial charge is 0.454 e. The number of unbranched alkanes of at least 4 members (excludes halogenated alkanes) is 1. The molecular formula is C34H34N2O5. The molecule has 3 aromatic rings. The van der Waals surface area contributed by atoms with Crippen molar-refractivity contribution in [1.82, 2.24) is 4.90 Å². The highest BCUT2D eigenvalue weighted by Gasteiger charge is 2.63. The second-order valence-corrected chi connectivity index (χ2v) is 11.4. The Morgan fingerprint density at radius 2 is 1.37 bits per heavy atom. The van der Waals surface area contributed by atoms with Crippen LogP contribution < -0.4 is 5.32 Å². The molecule has 3 amide bonds. The van der Waals surface area contributed by atoms with E-state index in [0.717, 1.165) is 39.8 Å². The average Bonchev–Trinajstić information content (AvgIpc) is 3.24. The van der Waals surface area contributed by atoms with E-state index >= 15 is 0 Å². The average molecular weight is 551 g/mol. The van der Waals surface area contributed by atoms with Crippen LogP contribution in [0.15, 0.2) is 66.7 Å². The van der Waals surface area contributed by atoms with Gasteiger partial charge in [0.25, 0.3) is 5.91 Å². The Bertz CT molecular complexity index is 1450. The number of carbonyl (C=O) groups is 4. The molecule has 3 aromatic carbocycles. The lowest BCUT2D eigenvalue weighted by molar-refractivity contribution is -0.160. The number of hydrogen-bond donors (Lipinski definition) is 1. The maximum Gasteiger partial charge on any atom is 0.329 e. The first-order valence-electron chi connectivity index (χ1n) is 14.4. The fourth-order valence-electron chi connectivity index (χ4n) is 7.01. The van der Waals surface area contributed by atoms with Gasteiger partial charge in [-0.1, -0.05) is 74.4 Å². The van der Waals surface area contributed by atoms with E-state index in [-0.39, 0.29) is 23.7 Å². The minimum absolute atomic E-state index is 0.245. The highest BCUT2D eigenvalue weighted by atomic mass is 16.5. The van der Waals surface area contributed by atoms with Crippen molar-refractivity contribution in [3.63, 3.8) is 0 Å². The second-order valence-electron chi connectivity index (χ2n) is 11.4. The van der Waals surface area contributed by atoms with Crippen LogP contribution in [0.4, 0.5) is 5.69 Å². The number of rotatable bonds is 8. The van der Waals surface area contributed by atoms with E-state index in [2.05, 4.69) is 29.6 Å². The van der Waals surface area contributed by atoms with E-state index in [9.17, 15) is 19.2 Å². The van der Waals surface area contributed by atoms with Gasteiger partial charge in [-0.3, -0.25) is 19.3 Å². The van der Waals surface area contributed by atoms with Crippen molar-refractivity contribution in [2.75, 3.05) is 11.9 Å². The minimum Gasteiger partial charge on any atom is -0.454 e. The highest BCUT2D eigenvalue weighted by Crippen LogP contribution is 2.61. The molecule has 0 spiro atoms. The van der Waals surface area contributed by atoms with Crippen molar-refractivity contribution in [2.24, 2.45) is 11.8 Å². The fraction of sp³-hybridized carbons (Fsp3) is 0.353. The third-order valence-electron chi connectivity index (χ3n) is 9.03. The summed E-state index contributed by atoms with van der Waals surface area (Å²) in [6.45, 7) is 5.42. The molecule has 0 aromatic heterocycles. The predicted octanol–water partition coefficient (Wildman–Crippen LogP) is 5.24. The van der Waals surface area contributed by atoms with Crippen LogP contribution in [-0.4, -0.2) is 41.2 Å². The zero-order valence-corrected chi connectivity index (χ0v) is 23.6. The Labute approximate surface area is 239 Å². The molecule has 0 saturated carbocycles. The number of aryl methyl sites for hydroxylation is 2. The molecule has 1 aliphatic heterocycles. The van der Waals surface area contributed by atoms with Crippen LogP contribution in [0.25, 0.3) is 0 Å². The lowest BCUT2D eigenvalue weighted by Gasteiger charge is -2.45. The number of nitrogens with zero attached hydrogens (tertiary/aromatic N) is 1. The molecule has 7 rings (SSSR count). The first-order chi connectivity index (χ1) is 19.8. The van der Waals surface area contributed by atoms with Gasteiger partial charge >= 0.3 is 5.97 Å². The number of hydrogen-bond acceptors (Lipinski definition) is 5. The molecule has 7 heteroatoms. The third-order valence-corrected chi connectivity index (χ3v) is 9.03. The van der Waals surface area contributed by atoms with Crippen LogP contribution in [0, 0.1) is 25.7 Å². The topological polar surface area (TPSA) is 92.8 Å². The molecule has 1 N–H and O–H groups in total. The van der Waals surface area contributed by atoms with Crippen molar-refractivity contribution in [3.8, 4) is 0 Å². The Morgan fingerprint density at radius 3 is 1.85 bits per heavy atom. The number of likely N-dealkylation sites (tertiary alicyclic amines) is 1. The van der Waals surface area contributed by atoms with Crippen LogP contribution in [0.3, 0.4) is 0 Å². The molecule has 1 saturated heterocycles. The molecule has 41 heavy (non-hydrogen) atoms. The summed E-state index contributed by atoms with van der Waals surface area (Å²) in [5.74, 6) is -3.47. The zero-order valence-electron chi connectivity index (χ0n) is 23.6. The van der Waals surface area contributed by atoms with Gasteiger partial charge in [0.15, 0.2) is 6.61 Å². The van der Waals surface area contributed by atoms with Gasteiger partial charge in [-0.2, -0.15) is 0 Å². The summed E-state index contributed by atoms with van der Waals surface area (Å²) in [5, 5.41) is 2.75. The number of benzene rings is 3. The Hall–Kier alpha value is -4.26. The van der Waals surface area contributed by atoms with Gasteiger partial charge in [-0.05, 0) is 65.8 Å². The monoisotopic (exact) mass is 550 g/mol. The summed E-state index contributed by atoms with van der Waals surface area (Å²) in [4.78, 5) is 55.5. The molecule has 1 fully saturated rings. The van der Waals surface area contributed by atoms with Crippen LogP contribution in [0.2, 0.25) is 0 Å². The van der Waals surface area contributed by atoms with Gasteiger partial charge in [-0.15, -0.1) is 0 Å². The summed E-state index contributed by atoms with van der Waals surface area (Å²) in [5.41, 5.74) is 7.07. The molecule has 3 aliphatic carbocycles. The Morgan fingerprint density at radius 1 is 0.829 bits per heavy atom. The van der Waals surface area contributed by atoms with Crippen LogP contribution in [-0.2, 0) is 23.9 Å². The number of amides is 3. The molecule has 7 nitrogen and oxygen atoms in total. The Balaban J connectivity index is 1.25. The first-order valence-corrected chi connectivity index (χ1v) is 14.4. The van der Waals surface area contributed by atoms with Gasteiger partial charge in [0.1, 0.15) is 6.04 Å². The van der Waals surface area contributed by atoms with Crippen molar-refractivity contribution in [1.29, 1.82) is 0 Å². The lowest BCUT2D eigenvalue weighted by Crippen LogP contribution is -2.47. The van der Waals surface area contributed by atoms with Gasteiger partial charge < -0.3 is 10.1 Å². The lowest BCUT2D eigenvalue weighted by atomic mass is 9.55. The molecule has 0 unspecified atom stereocenters. The van der Waals surface area contributed by atoms with Gasteiger partial charge in [0.05, 0.1) is 11.8 Å². The summed E-state index contributed by atoms with van der Waals surface area (Å²) in [6.07, 6.45) is 1.71. The number of imide groups is 1. The van der Waals surface area contributed by atoms with E-state index in [4.69, 9.17) is 4.74 Å². The maximum atomic E-state index is 14.1. The fourth-order valence-corrected chi connectivity index (χ4v) is 7.01. The SMILES string of the molecule is CCCC[C@H](C(=O)OCC(=O)Nc1ccc(C)c(C)c1)N1C(=O)[C@@H]2C3c4ccccc4C(c4ccccc43)[C@@H]2C1=O. The number of ether oxygens (including phenoxy) is 1. The number of carbonyl (C=O) groups excluding carboxylic acids is 4. The number of anilines is 1. The number of nitrogens with one attached hydrogen (secondary N) is 1. The van der Waals surface area contributed by atoms with Gasteiger partial charge in [0.2, 0.25) is 11.8 Å². The van der Waals surface area contributed by atoms with E-state index in [1.807, 2.05) is 57.2 Å². The summed E-state index contributed by atoms with van der Waals surface area (Å²) in [7, 11) is 0. The minimum atomic E-state index is -1.07. The van der Waals surface area contributed by atoms with E-state index in [1.165, 1.54) is 4.90 Å². The molecule has 3 atom stereocenters. The highest BCUT2D eigenvalue weighted by molar-refractivity contribution is 6.10. The van der Waals surface area contributed by atoms with E-state index in [0.29, 0.717) is 18.5 Å². The van der Waals surface area contributed by atoms with Crippen LogP contribution in [0.1, 0.15) is 71.4 Å². The second kappa shape index (κ2) is 10.6. The van der Waals surface area contributed by atoms with Gasteiger partial charge in [0, 0.05) is 17.5 Å². The third kappa shape index (κ3) is 4.44. The van der Waals surface area contributed by atoms with Crippen LogP contribution in [0.5, 0.6) is 0 Å². The summed E-state index contributed by atoms with van der Waals surface area (Å²) >= 11 is 0. The van der Waals surface area contributed by atoms with Crippen molar-refractivity contribution >= 4 is 29.4 Å². The molecule has 4 aliphatic rings. The van der Waals surface area contributed by atoms with Crippen molar-refractivity contribution < 1.29 is 23.9 Å². The predicted molar refractivity (Wildman–Crippen MR) is 154 cm³/mol. The first kappa shape index (κ1) is 26.9. The molecule has 1 heterocycles. The Kier molecular flexibility index (Phi) is 6.98. The zero-order chi connectivity index (χ0) is 28.8.